The molecule has 3 aliphatic rings. The Balaban J connectivity index is 1.76. The van der Waals surface area contributed by atoms with Gasteiger partial charge in [0.1, 0.15) is 0 Å². The van der Waals surface area contributed by atoms with E-state index < -0.39 is 17.8 Å². The summed E-state index contributed by atoms with van der Waals surface area (Å²) in [4.78, 5) is 0. The van der Waals surface area contributed by atoms with E-state index in [9.17, 15) is 15.3 Å². The summed E-state index contributed by atoms with van der Waals surface area (Å²) in [7, 11) is 0. The molecule has 0 saturated heterocycles. The van der Waals surface area contributed by atoms with E-state index in [0.717, 1.165) is 17.6 Å². The molecule has 0 aromatic heterocycles. The van der Waals surface area contributed by atoms with Crippen molar-refractivity contribution in [2.24, 2.45) is 29.1 Å². The minimum Gasteiger partial charge on any atom is -0.393 e. The smallest absolute Gasteiger partial charge is 0.0811 e. The third-order valence-electron chi connectivity index (χ3n) is 8.75. The summed E-state index contributed by atoms with van der Waals surface area (Å²) in [5.41, 5.74) is 2.93. The Morgan fingerprint density at radius 1 is 1.13 bits per heavy atom. The number of allylic oxidation sites excluding steroid dienone is 4. The molecule has 3 N–H and O–H groups in total. The summed E-state index contributed by atoms with van der Waals surface area (Å²) in [5.74, 6) is 1.91. The van der Waals surface area contributed by atoms with Crippen LogP contribution in [-0.2, 0) is 0 Å². The monoisotopic (exact) mass is 428 g/mol. The predicted octanol–water partition coefficient (Wildman–Crippen LogP) is 5.73. The molecule has 0 heterocycles. The van der Waals surface area contributed by atoms with Crippen molar-refractivity contribution in [3.63, 3.8) is 0 Å². The van der Waals surface area contributed by atoms with Gasteiger partial charge in [-0.1, -0.05) is 57.2 Å². The Morgan fingerprint density at radius 3 is 2.52 bits per heavy atom. The molecule has 0 aliphatic heterocycles. The summed E-state index contributed by atoms with van der Waals surface area (Å²) in [5, 5.41) is 30.4. The molecular weight excluding hydrogens is 384 g/mol. The Bertz CT molecular complexity index is 753. The van der Waals surface area contributed by atoms with Crippen LogP contribution in [0.2, 0.25) is 0 Å². The molecule has 0 aromatic carbocycles. The lowest BCUT2D eigenvalue weighted by molar-refractivity contribution is 0.0436. The van der Waals surface area contributed by atoms with Crippen molar-refractivity contribution < 1.29 is 15.3 Å². The molecule has 174 valence electrons. The second-order valence-electron chi connectivity index (χ2n) is 11.4. The normalized spacial score (nSPS) is 39.3. The summed E-state index contributed by atoms with van der Waals surface area (Å²) < 4.78 is 0. The first-order valence-corrected chi connectivity index (χ1v) is 12.3. The predicted molar refractivity (Wildman–Crippen MR) is 128 cm³/mol. The second kappa shape index (κ2) is 9.37. The average Bonchev–Trinajstić information content (AvgIpc) is 3.04. The summed E-state index contributed by atoms with van der Waals surface area (Å²) in [6.45, 7) is 14.7. The van der Waals surface area contributed by atoms with Crippen LogP contribution in [0.25, 0.3) is 0 Å². The van der Waals surface area contributed by atoms with E-state index in [1.54, 1.807) is 0 Å². The lowest BCUT2D eigenvalue weighted by atomic mass is 9.61. The highest BCUT2D eigenvalue weighted by atomic mass is 16.3. The number of hydrogen-bond acceptors (Lipinski definition) is 3. The van der Waals surface area contributed by atoms with Crippen LogP contribution in [0, 0.1) is 29.1 Å². The molecule has 0 aromatic rings. The molecular formula is C28H44O3. The zero-order valence-corrected chi connectivity index (χ0v) is 20.3. The van der Waals surface area contributed by atoms with Crippen LogP contribution in [0.15, 0.2) is 47.6 Å². The zero-order valence-electron chi connectivity index (χ0n) is 20.3. The van der Waals surface area contributed by atoms with E-state index in [1.165, 1.54) is 31.3 Å². The van der Waals surface area contributed by atoms with Gasteiger partial charge < -0.3 is 15.3 Å². The van der Waals surface area contributed by atoms with Gasteiger partial charge in [-0.05, 0) is 86.7 Å². The van der Waals surface area contributed by atoms with E-state index in [-0.39, 0.29) is 5.92 Å². The van der Waals surface area contributed by atoms with E-state index in [2.05, 4.69) is 51.7 Å². The highest BCUT2D eigenvalue weighted by molar-refractivity contribution is 5.38. The zero-order chi connectivity index (χ0) is 23.0. The molecule has 3 nitrogen and oxygen atoms in total. The van der Waals surface area contributed by atoms with E-state index in [4.69, 9.17) is 0 Å². The van der Waals surface area contributed by atoms with Gasteiger partial charge in [-0.3, -0.25) is 0 Å². The number of aliphatic hydroxyl groups is 3. The first-order valence-electron chi connectivity index (χ1n) is 12.3. The maximum Gasteiger partial charge on any atom is 0.0811 e. The number of aliphatic hydroxyl groups excluding tert-OH is 2. The molecule has 31 heavy (non-hydrogen) atoms. The van der Waals surface area contributed by atoms with Gasteiger partial charge >= 0.3 is 0 Å². The summed E-state index contributed by atoms with van der Waals surface area (Å²) in [6, 6.07) is 0. The van der Waals surface area contributed by atoms with Gasteiger partial charge in [-0.25, -0.2) is 0 Å². The van der Waals surface area contributed by atoms with Crippen LogP contribution in [0.3, 0.4) is 0 Å². The second-order valence-corrected chi connectivity index (χ2v) is 11.4. The van der Waals surface area contributed by atoms with Crippen molar-refractivity contribution in [1.29, 1.82) is 0 Å². The summed E-state index contributed by atoms with van der Waals surface area (Å²) >= 11 is 0. The van der Waals surface area contributed by atoms with Crippen molar-refractivity contribution in [2.75, 3.05) is 0 Å². The first-order chi connectivity index (χ1) is 14.4. The molecule has 0 bridgehead atoms. The van der Waals surface area contributed by atoms with Crippen LogP contribution in [-0.4, -0.2) is 33.1 Å². The molecule has 2 unspecified atom stereocenters. The van der Waals surface area contributed by atoms with Crippen molar-refractivity contribution in [3.05, 3.63) is 47.6 Å². The van der Waals surface area contributed by atoms with Crippen molar-refractivity contribution in [1.82, 2.24) is 0 Å². The Morgan fingerprint density at radius 2 is 1.84 bits per heavy atom. The van der Waals surface area contributed by atoms with Gasteiger partial charge in [0.05, 0.1) is 17.8 Å². The van der Waals surface area contributed by atoms with Gasteiger partial charge in [0.25, 0.3) is 0 Å². The fraction of sp³-hybridized carbons (Fsp3) is 0.714. The Labute approximate surface area is 189 Å². The van der Waals surface area contributed by atoms with Crippen LogP contribution in [0.5, 0.6) is 0 Å². The molecule has 3 rings (SSSR count). The maximum absolute atomic E-state index is 10.3. The van der Waals surface area contributed by atoms with Crippen LogP contribution in [0.1, 0.15) is 79.6 Å². The average molecular weight is 429 g/mol. The largest absolute Gasteiger partial charge is 0.393 e. The van der Waals surface area contributed by atoms with Gasteiger partial charge in [-0.15, -0.1) is 0 Å². The van der Waals surface area contributed by atoms with Crippen LogP contribution < -0.4 is 0 Å². The minimum atomic E-state index is -0.684. The maximum atomic E-state index is 10.3. The molecule has 3 fully saturated rings. The number of hydrogen-bond donors (Lipinski definition) is 3. The Kier molecular flexibility index (Phi) is 7.40. The highest BCUT2D eigenvalue weighted by Crippen LogP contribution is 2.59. The third-order valence-corrected chi connectivity index (χ3v) is 8.75. The minimum absolute atomic E-state index is 0.141. The highest BCUT2D eigenvalue weighted by Gasteiger charge is 2.50. The fourth-order valence-corrected chi connectivity index (χ4v) is 6.32. The number of rotatable bonds is 5. The van der Waals surface area contributed by atoms with Crippen molar-refractivity contribution in [2.45, 2.75) is 97.4 Å². The molecule has 3 heteroatoms. The lowest BCUT2D eigenvalue weighted by Crippen LogP contribution is -2.35. The molecule has 0 radical (unpaired) electrons. The fourth-order valence-electron chi connectivity index (χ4n) is 6.32. The molecule has 3 aliphatic carbocycles. The van der Waals surface area contributed by atoms with Gasteiger partial charge in [0.2, 0.25) is 0 Å². The lowest BCUT2D eigenvalue weighted by Gasteiger charge is -2.44. The van der Waals surface area contributed by atoms with Crippen molar-refractivity contribution in [3.8, 4) is 0 Å². The molecule has 0 spiro atoms. The van der Waals surface area contributed by atoms with Gasteiger partial charge in [-0.2, -0.15) is 0 Å². The Hall–Kier alpha value is -1.16. The topological polar surface area (TPSA) is 60.7 Å². The van der Waals surface area contributed by atoms with E-state index in [0.29, 0.717) is 36.0 Å². The number of fused-ring (bicyclic) bond motifs is 1. The van der Waals surface area contributed by atoms with Crippen LogP contribution in [0.4, 0.5) is 0 Å². The van der Waals surface area contributed by atoms with E-state index >= 15 is 0 Å². The quantitative estimate of drug-likeness (QED) is 0.490. The standard InChI is InChI=1S/C28H44O3/c1-18(9-10-19(2)27(4,5)31)24-13-14-25-21(8-7-15-28(24,25)6)11-12-22-16-23(29)17-26(30)20(22)3/h9-12,18-19,23-26,29-31H,3,7-8,13-17H2,1-2,4-6H3/b10-9+,21-11+,22-12-/t18-,19?,23-,24-,25?,26+,28-/m1/s1. The van der Waals surface area contributed by atoms with Gasteiger partial charge in [0, 0.05) is 12.3 Å². The molecule has 3 saturated carbocycles. The first kappa shape index (κ1) is 24.5. The summed E-state index contributed by atoms with van der Waals surface area (Å²) in [6.07, 6.45) is 15.0. The molecule has 0 amide bonds. The molecule has 7 atom stereocenters. The van der Waals surface area contributed by atoms with Gasteiger partial charge in [0.15, 0.2) is 0 Å². The van der Waals surface area contributed by atoms with E-state index in [1.807, 2.05) is 13.8 Å². The van der Waals surface area contributed by atoms with Crippen LogP contribution >= 0.6 is 0 Å². The SMILES string of the molecule is C=C1/C(=C\C=C2/CCC[C@@]3(C)C2CC[C@@H]3[C@H](C)/C=C/C(C)C(C)(C)O)C[C@@H](O)C[C@@H]1O. The van der Waals surface area contributed by atoms with Crippen molar-refractivity contribution >= 4 is 0 Å². The third kappa shape index (κ3) is 5.26.